The minimum Gasteiger partial charge on any atom is -0.507 e. The molecule has 0 bridgehead atoms. The standard InChI is InChI=1S/C29H24N2O3/c1-34-26-16-11-21(12-17-26)10-13-22-14-15-25(30-19-23-6-2-4-8-28(23)32)18-27(22)31-20-24-7-3-5-9-29(24)33/h2-20,32-33H,1H3/b13-10+,30-19?,31-20?. The summed E-state index contributed by atoms with van der Waals surface area (Å²) < 4.78 is 5.22. The molecule has 0 saturated heterocycles. The summed E-state index contributed by atoms with van der Waals surface area (Å²) in [5.41, 5.74) is 4.55. The van der Waals surface area contributed by atoms with Gasteiger partial charge in [-0.25, -0.2) is 0 Å². The number of nitrogens with zero attached hydrogens (tertiary/aromatic N) is 2. The SMILES string of the molecule is COc1ccc(/C=C/c2ccc(N=Cc3ccccc3O)cc2N=Cc2ccccc2O)cc1. The molecule has 0 unspecified atom stereocenters. The lowest BCUT2D eigenvalue weighted by atomic mass is 10.1. The molecule has 5 heteroatoms. The highest BCUT2D eigenvalue weighted by molar-refractivity contribution is 5.89. The molecular formula is C29H24N2O3. The van der Waals surface area contributed by atoms with Crippen LogP contribution in [0.5, 0.6) is 17.2 Å². The Morgan fingerprint density at radius 1 is 0.647 bits per heavy atom. The van der Waals surface area contributed by atoms with Crippen molar-refractivity contribution >= 4 is 36.0 Å². The van der Waals surface area contributed by atoms with Crippen molar-refractivity contribution in [3.8, 4) is 17.2 Å². The van der Waals surface area contributed by atoms with E-state index in [4.69, 9.17) is 4.74 Å². The van der Waals surface area contributed by atoms with Gasteiger partial charge in [0.25, 0.3) is 0 Å². The molecule has 4 aromatic rings. The Balaban J connectivity index is 1.67. The van der Waals surface area contributed by atoms with Crippen molar-refractivity contribution in [1.29, 1.82) is 0 Å². The van der Waals surface area contributed by atoms with Gasteiger partial charge in [0, 0.05) is 29.1 Å². The number of aliphatic imine (C=N–C) groups is 2. The molecule has 0 amide bonds. The van der Waals surface area contributed by atoms with Crippen LogP contribution in [0.15, 0.2) is 101 Å². The van der Waals surface area contributed by atoms with Crippen molar-refractivity contribution in [2.75, 3.05) is 7.11 Å². The number of phenolic OH excluding ortho intramolecular Hbond substituents is 2. The normalized spacial score (nSPS) is 11.6. The highest BCUT2D eigenvalue weighted by Gasteiger charge is 2.03. The zero-order valence-electron chi connectivity index (χ0n) is 18.7. The van der Waals surface area contributed by atoms with E-state index in [1.807, 2.05) is 66.7 Å². The first-order chi connectivity index (χ1) is 16.6. The summed E-state index contributed by atoms with van der Waals surface area (Å²) in [4.78, 5) is 9.13. The number of para-hydroxylation sites is 2. The lowest BCUT2D eigenvalue weighted by molar-refractivity contribution is 0.415. The van der Waals surface area contributed by atoms with Crippen LogP contribution in [0.4, 0.5) is 11.4 Å². The lowest BCUT2D eigenvalue weighted by Gasteiger charge is -2.05. The number of methoxy groups -OCH3 is 1. The van der Waals surface area contributed by atoms with E-state index in [0.29, 0.717) is 22.5 Å². The van der Waals surface area contributed by atoms with Gasteiger partial charge < -0.3 is 14.9 Å². The molecule has 34 heavy (non-hydrogen) atoms. The number of ether oxygens (including phenoxy) is 1. The molecule has 168 valence electrons. The molecule has 0 radical (unpaired) electrons. The van der Waals surface area contributed by atoms with Crippen molar-refractivity contribution in [2.45, 2.75) is 0 Å². The maximum absolute atomic E-state index is 10.1. The van der Waals surface area contributed by atoms with Crippen LogP contribution < -0.4 is 4.74 Å². The second-order valence-electron chi connectivity index (χ2n) is 7.48. The summed E-state index contributed by atoms with van der Waals surface area (Å²) in [5, 5.41) is 20.1. The van der Waals surface area contributed by atoms with E-state index >= 15 is 0 Å². The van der Waals surface area contributed by atoms with Crippen LogP contribution in [0.1, 0.15) is 22.3 Å². The molecule has 0 heterocycles. The summed E-state index contributed by atoms with van der Waals surface area (Å²) >= 11 is 0. The van der Waals surface area contributed by atoms with Gasteiger partial charge in [0.2, 0.25) is 0 Å². The van der Waals surface area contributed by atoms with Crippen molar-refractivity contribution in [2.24, 2.45) is 9.98 Å². The third kappa shape index (κ3) is 5.78. The van der Waals surface area contributed by atoms with Crippen molar-refractivity contribution in [3.63, 3.8) is 0 Å². The topological polar surface area (TPSA) is 74.4 Å². The molecular weight excluding hydrogens is 424 g/mol. The number of aromatic hydroxyl groups is 2. The zero-order chi connectivity index (χ0) is 23.8. The second-order valence-corrected chi connectivity index (χ2v) is 7.48. The van der Waals surface area contributed by atoms with E-state index in [1.165, 1.54) is 0 Å². The van der Waals surface area contributed by atoms with Gasteiger partial charge in [-0.05, 0) is 54.1 Å². The maximum atomic E-state index is 10.1. The average molecular weight is 449 g/mol. The third-order valence-corrected chi connectivity index (χ3v) is 5.15. The number of phenols is 2. The smallest absolute Gasteiger partial charge is 0.124 e. The van der Waals surface area contributed by atoms with Gasteiger partial charge in [-0.1, -0.05) is 54.6 Å². The molecule has 5 nitrogen and oxygen atoms in total. The first kappa shape index (κ1) is 22.6. The molecule has 0 aliphatic rings. The minimum atomic E-state index is 0.162. The Kier molecular flexibility index (Phi) is 7.16. The van der Waals surface area contributed by atoms with Crippen molar-refractivity contribution in [3.05, 3.63) is 113 Å². The Morgan fingerprint density at radius 2 is 1.26 bits per heavy atom. The average Bonchev–Trinajstić information content (AvgIpc) is 2.87. The van der Waals surface area contributed by atoms with Crippen molar-refractivity contribution < 1.29 is 14.9 Å². The van der Waals surface area contributed by atoms with E-state index in [9.17, 15) is 10.2 Å². The molecule has 2 N–H and O–H groups in total. The van der Waals surface area contributed by atoms with E-state index < -0.39 is 0 Å². The highest BCUT2D eigenvalue weighted by atomic mass is 16.5. The van der Waals surface area contributed by atoms with Crippen molar-refractivity contribution in [1.82, 2.24) is 0 Å². The molecule has 0 aromatic heterocycles. The predicted molar refractivity (Wildman–Crippen MR) is 139 cm³/mol. The van der Waals surface area contributed by atoms with Gasteiger partial charge in [0.1, 0.15) is 17.2 Å². The van der Waals surface area contributed by atoms with Gasteiger partial charge in [-0.2, -0.15) is 0 Å². The second kappa shape index (κ2) is 10.8. The lowest BCUT2D eigenvalue weighted by Crippen LogP contribution is -1.84. The van der Waals surface area contributed by atoms with Crippen LogP contribution >= 0.6 is 0 Å². The van der Waals surface area contributed by atoms with Crippen LogP contribution in [0.25, 0.3) is 12.2 Å². The fraction of sp³-hybridized carbons (Fsp3) is 0.0345. The molecule has 0 aliphatic heterocycles. The minimum absolute atomic E-state index is 0.162. The zero-order valence-corrected chi connectivity index (χ0v) is 18.7. The van der Waals surface area contributed by atoms with E-state index in [0.717, 1.165) is 16.9 Å². The fourth-order valence-corrected chi connectivity index (χ4v) is 3.24. The monoisotopic (exact) mass is 448 g/mol. The summed E-state index contributed by atoms with van der Waals surface area (Å²) in [7, 11) is 1.64. The Labute approximate surface area is 198 Å². The summed E-state index contributed by atoms with van der Waals surface area (Å²) in [5.74, 6) is 1.13. The molecule has 0 saturated carbocycles. The quantitative estimate of drug-likeness (QED) is 0.242. The summed E-state index contributed by atoms with van der Waals surface area (Å²) in [6, 6.07) is 27.5. The number of hydrogen-bond donors (Lipinski definition) is 2. The Bertz CT molecular complexity index is 1360. The van der Waals surface area contributed by atoms with E-state index in [2.05, 4.69) is 9.98 Å². The van der Waals surface area contributed by atoms with Crippen LogP contribution in [-0.2, 0) is 0 Å². The van der Waals surface area contributed by atoms with Crippen LogP contribution in [-0.4, -0.2) is 29.8 Å². The van der Waals surface area contributed by atoms with Gasteiger partial charge in [0.15, 0.2) is 0 Å². The third-order valence-electron chi connectivity index (χ3n) is 5.15. The predicted octanol–water partition coefficient (Wildman–Crippen LogP) is 6.78. The Morgan fingerprint density at radius 3 is 1.88 bits per heavy atom. The Hall–Kier alpha value is -4.64. The van der Waals surface area contributed by atoms with E-state index in [1.54, 1.807) is 55.9 Å². The molecule has 4 aromatic carbocycles. The number of rotatable bonds is 7. The molecule has 0 aliphatic carbocycles. The van der Waals surface area contributed by atoms with Gasteiger partial charge in [-0.15, -0.1) is 0 Å². The first-order valence-corrected chi connectivity index (χ1v) is 10.7. The van der Waals surface area contributed by atoms with E-state index in [-0.39, 0.29) is 11.5 Å². The first-order valence-electron chi connectivity index (χ1n) is 10.7. The van der Waals surface area contributed by atoms with Gasteiger partial charge in [0.05, 0.1) is 18.5 Å². The largest absolute Gasteiger partial charge is 0.507 e. The molecule has 4 rings (SSSR count). The van der Waals surface area contributed by atoms with Crippen LogP contribution in [0, 0.1) is 0 Å². The summed E-state index contributed by atoms with van der Waals surface area (Å²) in [6.07, 6.45) is 7.23. The fourth-order valence-electron chi connectivity index (χ4n) is 3.24. The number of benzene rings is 4. The molecule has 0 spiro atoms. The van der Waals surface area contributed by atoms with Gasteiger partial charge in [-0.3, -0.25) is 9.98 Å². The van der Waals surface area contributed by atoms with Crippen LogP contribution in [0.2, 0.25) is 0 Å². The van der Waals surface area contributed by atoms with Crippen LogP contribution in [0.3, 0.4) is 0 Å². The number of hydrogen-bond acceptors (Lipinski definition) is 5. The summed E-state index contributed by atoms with van der Waals surface area (Å²) in [6.45, 7) is 0. The maximum Gasteiger partial charge on any atom is 0.124 e. The molecule has 0 fully saturated rings. The van der Waals surface area contributed by atoms with Gasteiger partial charge >= 0.3 is 0 Å². The highest BCUT2D eigenvalue weighted by Crippen LogP contribution is 2.28. The molecule has 0 atom stereocenters.